The molecule has 1 aromatic carbocycles. The zero-order valence-corrected chi connectivity index (χ0v) is 18.2. The molecule has 0 aromatic heterocycles. The lowest BCUT2D eigenvalue weighted by molar-refractivity contribution is -0.117. The van der Waals surface area contributed by atoms with Gasteiger partial charge in [-0.05, 0) is 24.5 Å². The molecule has 0 aliphatic carbocycles. The molecule has 2 N–H and O–H groups in total. The maximum atomic E-state index is 12.3. The number of hydrogen-bond donors (Lipinski definition) is 2. The number of carbonyl (C=O) groups is 1. The molecule has 1 unspecified atom stereocenters. The summed E-state index contributed by atoms with van der Waals surface area (Å²) in [5, 5.41) is 6.62. The summed E-state index contributed by atoms with van der Waals surface area (Å²) in [5.74, 6) is 1.44. The fourth-order valence-electron chi connectivity index (χ4n) is 2.75. The van der Waals surface area contributed by atoms with Gasteiger partial charge in [0.1, 0.15) is 0 Å². The van der Waals surface area contributed by atoms with Crippen LogP contribution in [0.5, 0.6) is 0 Å². The van der Waals surface area contributed by atoms with Crippen molar-refractivity contribution < 1.29 is 9.53 Å². The number of para-hydroxylation sites is 1. The Morgan fingerprint density at radius 1 is 1.35 bits per heavy atom. The average molecular weight is 474 g/mol. The summed E-state index contributed by atoms with van der Waals surface area (Å²) in [6.45, 7) is 7.28. The molecule has 1 saturated heterocycles. The molecule has 26 heavy (non-hydrogen) atoms. The van der Waals surface area contributed by atoms with Crippen molar-refractivity contribution in [3.8, 4) is 0 Å². The van der Waals surface area contributed by atoms with Crippen molar-refractivity contribution >= 4 is 41.5 Å². The zero-order valence-electron chi connectivity index (χ0n) is 15.9. The summed E-state index contributed by atoms with van der Waals surface area (Å²) < 4.78 is 5.57. The van der Waals surface area contributed by atoms with Gasteiger partial charge in [0, 0.05) is 45.5 Å². The van der Waals surface area contributed by atoms with Gasteiger partial charge in [-0.25, -0.2) is 0 Å². The number of amides is 1. The second-order valence-corrected chi connectivity index (χ2v) is 6.71. The highest BCUT2D eigenvalue weighted by Gasteiger charge is 2.30. The summed E-state index contributed by atoms with van der Waals surface area (Å²) in [7, 11) is 1.75. The quantitative estimate of drug-likeness (QED) is 0.263. The molecule has 1 aliphatic heterocycles. The number of nitrogens with one attached hydrogen (secondary N) is 2. The summed E-state index contributed by atoms with van der Waals surface area (Å²) in [6.07, 6.45) is 1.40. The van der Waals surface area contributed by atoms with Gasteiger partial charge >= 0.3 is 0 Å². The van der Waals surface area contributed by atoms with Crippen molar-refractivity contribution in [2.45, 2.75) is 32.7 Å². The largest absolute Gasteiger partial charge is 0.381 e. The van der Waals surface area contributed by atoms with Crippen LogP contribution in [0.1, 0.15) is 26.7 Å². The van der Waals surface area contributed by atoms with E-state index in [1.165, 1.54) is 0 Å². The number of aliphatic imine (C=N–C) groups is 1. The van der Waals surface area contributed by atoms with Gasteiger partial charge in [-0.15, -0.1) is 24.0 Å². The number of halogens is 1. The van der Waals surface area contributed by atoms with Crippen LogP contribution in [0.25, 0.3) is 0 Å². The van der Waals surface area contributed by atoms with Crippen molar-refractivity contribution in [2.75, 3.05) is 38.3 Å². The van der Waals surface area contributed by atoms with E-state index in [4.69, 9.17) is 4.74 Å². The minimum absolute atomic E-state index is 0. The van der Waals surface area contributed by atoms with E-state index in [-0.39, 0.29) is 35.9 Å². The average Bonchev–Trinajstić information content (AvgIpc) is 2.97. The normalized spacial score (nSPS) is 17.4. The van der Waals surface area contributed by atoms with E-state index < -0.39 is 0 Å². The Morgan fingerprint density at radius 2 is 2.08 bits per heavy atom. The van der Waals surface area contributed by atoms with Gasteiger partial charge in [0.15, 0.2) is 5.96 Å². The van der Waals surface area contributed by atoms with Crippen molar-refractivity contribution in [1.29, 1.82) is 0 Å². The Balaban J connectivity index is 0.00000338. The number of carbonyl (C=O) groups excluding carboxylic acids is 1. The fraction of sp³-hybridized carbons (Fsp3) is 0.579. The van der Waals surface area contributed by atoms with Gasteiger partial charge in [-0.3, -0.25) is 9.79 Å². The van der Waals surface area contributed by atoms with E-state index in [2.05, 4.69) is 29.5 Å². The van der Waals surface area contributed by atoms with Crippen LogP contribution in [0.2, 0.25) is 0 Å². The summed E-state index contributed by atoms with van der Waals surface area (Å²) >= 11 is 0. The third kappa shape index (κ3) is 7.49. The van der Waals surface area contributed by atoms with Gasteiger partial charge in [-0.1, -0.05) is 32.0 Å². The van der Waals surface area contributed by atoms with E-state index in [1.54, 1.807) is 7.05 Å². The molecule has 1 fully saturated rings. The molecule has 0 spiro atoms. The van der Waals surface area contributed by atoms with Gasteiger partial charge < -0.3 is 20.3 Å². The number of ether oxygens (including phenoxy) is 1. The number of rotatable bonds is 8. The highest BCUT2D eigenvalue weighted by Crippen LogP contribution is 2.20. The van der Waals surface area contributed by atoms with Gasteiger partial charge in [0.25, 0.3) is 0 Å². The molecule has 1 aliphatic rings. The molecule has 1 aromatic rings. The molecular weight excluding hydrogens is 443 g/mol. The number of nitrogens with zero attached hydrogens (tertiary/aromatic N) is 2. The summed E-state index contributed by atoms with van der Waals surface area (Å²) in [5.41, 5.74) is 0.946. The van der Waals surface area contributed by atoms with Crippen molar-refractivity contribution in [1.82, 2.24) is 10.6 Å². The maximum Gasteiger partial charge on any atom is 0.229 e. The summed E-state index contributed by atoms with van der Waals surface area (Å²) in [6, 6.07) is 9.85. The SMILES string of the molecule is CN=C(NCCCOCC(C)C)NC1CC(=O)N(c2ccccc2)C1.I. The Morgan fingerprint density at radius 3 is 2.73 bits per heavy atom. The maximum absolute atomic E-state index is 12.3. The lowest BCUT2D eigenvalue weighted by Gasteiger charge is -2.19. The van der Waals surface area contributed by atoms with Crippen LogP contribution in [0.15, 0.2) is 35.3 Å². The first kappa shape index (κ1) is 22.7. The van der Waals surface area contributed by atoms with Crippen LogP contribution in [-0.2, 0) is 9.53 Å². The van der Waals surface area contributed by atoms with Crippen molar-refractivity contribution in [2.24, 2.45) is 10.9 Å². The lowest BCUT2D eigenvalue weighted by Crippen LogP contribution is -2.45. The number of anilines is 1. The Bertz CT molecular complexity index is 566. The molecule has 0 bridgehead atoms. The third-order valence-corrected chi connectivity index (χ3v) is 3.97. The second kappa shape index (κ2) is 12.1. The van der Waals surface area contributed by atoms with E-state index in [9.17, 15) is 4.79 Å². The molecule has 2 rings (SSSR count). The van der Waals surface area contributed by atoms with E-state index in [0.29, 0.717) is 18.9 Å². The zero-order chi connectivity index (χ0) is 18.1. The molecule has 0 saturated carbocycles. The molecule has 6 nitrogen and oxygen atoms in total. The minimum atomic E-state index is 0. The summed E-state index contributed by atoms with van der Waals surface area (Å²) in [4.78, 5) is 18.3. The Kier molecular flexibility index (Phi) is 10.6. The molecule has 146 valence electrons. The smallest absolute Gasteiger partial charge is 0.229 e. The first-order chi connectivity index (χ1) is 12.1. The number of hydrogen-bond acceptors (Lipinski definition) is 3. The fourth-order valence-corrected chi connectivity index (χ4v) is 2.75. The van der Waals surface area contributed by atoms with Crippen LogP contribution in [0, 0.1) is 5.92 Å². The lowest BCUT2D eigenvalue weighted by atomic mass is 10.2. The highest BCUT2D eigenvalue weighted by molar-refractivity contribution is 14.0. The molecule has 1 amide bonds. The molecule has 1 atom stereocenters. The minimum Gasteiger partial charge on any atom is -0.381 e. The number of guanidine groups is 1. The van der Waals surface area contributed by atoms with E-state index in [0.717, 1.165) is 37.8 Å². The van der Waals surface area contributed by atoms with Crippen LogP contribution >= 0.6 is 24.0 Å². The molecule has 0 radical (unpaired) electrons. The van der Waals surface area contributed by atoms with E-state index in [1.807, 2.05) is 35.2 Å². The van der Waals surface area contributed by atoms with Gasteiger partial charge in [0.05, 0.1) is 6.04 Å². The van der Waals surface area contributed by atoms with Crippen molar-refractivity contribution in [3.05, 3.63) is 30.3 Å². The van der Waals surface area contributed by atoms with Crippen LogP contribution in [0.3, 0.4) is 0 Å². The standard InChI is InChI=1S/C19H30N4O2.HI/c1-15(2)14-25-11-7-10-21-19(20-3)22-16-12-18(24)23(13-16)17-8-5-4-6-9-17;/h4-6,8-9,15-16H,7,10-14H2,1-3H3,(H2,20,21,22);1H. The number of benzene rings is 1. The Labute approximate surface area is 173 Å². The molecule has 7 heteroatoms. The third-order valence-electron chi connectivity index (χ3n) is 3.97. The van der Waals surface area contributed by atoms with Gasteiger partial charge in [-0.2, -0.15) is 0 Å². The first-order valence-electron chi connectivity index (χ1n) is 9.00. The topological polar surface area (TPSA) is 66.0 Å². The Hall–Kier alpha value is -1.35. The highest BCUT2D eigenvalue weighted by atomic mass is 127. The van der Waals surface area contributed by atoms with Gasteiger partial charge in [0.2, 0.25) is 5.91 Å². The second-order valence-electron chi connectivity index (χ2n) is 6.71. The first-order valence-corrected chi connectivity index (χ1v) is 9.00. The predicted molar refractivity (Wildman–Crippen MR) is 117 cm³/mol. The van der Waals surface area contributed by atoms with Crippen LogP contribution < -0.4 is 15.5 Å². The van der Waals surface area contributed by atoms with Crippen molar-refractivity contribution in [3.63, 3.8) is 0 Å². The van der Waals surface area contributed by atoms with Crippen LogP contribution in [-0.4, -0.2) is 51.3 Å². The van der Waals surface area contributed by atoms with Crippen LogP contribution in [0.4, 0.5) is 5.69 Å². The molecular formula is C19H31IN4O2. The predicted octanol–water partition coefficient (Wildman–Crippen LogP) is 2.64. The molecule has 1 heterocycles. The van der Waals surface area contributed by atoms with E-state index >= 15 is 0 Å². The monoisotopic (exact) mass is 474 g/mol.